The van der Waals surface area contributed by atoms with Gasteiger partial charge in [0.15, 0.2) is 0 Å². The molecule has 4 nitrogen and oxygen atoms in total. The second-order valence-corrected chi connectivity index (χ2v) is 6.84. The average molecular weight is 336 g/mol. The van der Waals surface area contributed by atoms with Gasteiger partial charge in [0.1, 0.15) is 0 Å². The number of aliphatic imine (C=N–C) groups is 1. The third kappa shape index (κ3) is 6.77. The zero-order chi connectivity index (χ0) is 17.3. The zero-order valence-corrected chi connectivity index (χ0v) is 15.1. The van der Waals surface area contributed by atoms with E-state index in [1.807, 2.05) is 18.5 Å². The van der Waals surface area contributed by atoms with E-state index in [-0.39, 0.29) is 0 Å². The predicted octanol–water partition coefficient (Wildman–Crippen LogP) is 3.27. The molecule has 3 rings (SSSR count). The van der Waals surface area contributed by atoms with Crippen LogP contribution in [0.2, 0.25) is 0 Å². The van der Waals surface area contributed by atoms with Crippen molar-refractivity contribution in [3.63, 3.8) is 0 Å². The summed E-state index contributed by atoms with van der Waals surface area (Å²) < 4.78 is 0. The molecule has 25 heavy (non-hydrogen) atoms. The number of nitrogens with zero attached hydrogens (tertiary/aromatic N) is 3. The monoisotopic (exact) mass is 336 g/mol. The Bertz CT molecular complexity index is 665. The molecule has 0 amide bonds. The summed E-state index contributed by atoms with van der Waals surface area (Å²) in [4.78, 5) is 11.3. The Labute approximate surface area is 151 Å². The van der Waals surface area contributed by atoms with Crippen molar-refractivity contribution in [1.29, 1.82) is 0 Å². The molecule has 1 N–H and O–H groups in total. The molecule has 0 radical (unpaired) electrons. The number of pyridine rings is 1. The molecule has 1 aliphatic rings. The van der Waals surface area contributed by atoms with Crippen molar-refractivity contribution in [3.8, 4) is 0 Å². The Morgan fingerprint density at radius 3 is 2.88 bits per heavy atom. The van der Waals surface area contributed by atoms with Gasteiger partial charge in [-0.25, -0.2) is 0 Å². The van der Waals surface area contributed by atoms with Gasteiger partial charge in [-0.05, 0) is 62.7 Å². The summed E-state index contributed by atoms with van der Waals surface area (Å²) in [7, 11) is 2.18. The van der Waals surface area contributed by atoms with Crippen LogP contribution in [-0.4, -0.2) is 42.3 Å². The first-order valence-corrected chi connectivity index (χ1v) is 9.21. The standard InChI is InChI=1S/C21H28N4/c1-25(17-18-6-3-2-4-7-18)13-5-11-22-16-21-14-19(10-12-23-21)15-24-20-8-9-20/h2-4,6-7,10,12,14-15,20,22H,5,8-9,11,13,16-17H2,1H3. The molecule has 4 heteroatoms. The molecule has 2 aromatic rings. The fourth-order valence-electron chi connectivity index (χ4n) is 2.75. The summed E-state index contributed by atoms with van der Waals surface area (Å²) in [6, 6.07) is 15.3. The van der Waals surface area contributed by atoms with Gasteiger partial charge < -0.3 is 10.2 Å². The minimum absolute atomic E-state index is 0.572. The van der Waals surface area contributed by atoms with Gasteiger partial charge in [0.25, 0.3) is 0 Å². The van der Waals surface area contributed by atoms with Crippen LogP contribution in [0.15, 0.2) is 53.7 Å². The number of aromatic nitrogens is 1. The van der Waals surface area contributed by atoms with Gasteiger partial charge in [0.2, 0.25) is 0 Å². The van der Waals surface area contributed by atoms with Crippen molar-refractivity contribution in [1.82, 2.24) is 15.2 Å². The van der Waals surface area contributed by atoms with Crippen molar-refractivity contribution in [2.75, 3.05) is 20.1 Å². The van der Waals surface area contributed by atoms with Crippen LogP contribution < -0.4 is 5.32 Å². The molecule has 0 aliphatic heterocycles. The first-order chi connectivity index (χ1) is 12.3. The number of hydrogen-bond acceptors (Lipinski definition) is 4. The summed E-state index contributed by atoms with van der Waals surface area (Å²) in [5.41, 5.74) is 3.60. The zero-order valence-electron chi connectivity index (χ0n) is 15.1. The van der Waals surface area contributed by atoms with Crippen LogP contribution in [-0.2, 0) is 13.1 Å². The number of benzene rings is 1. The lowest BCUT2D eigenvalue weighted by Gasteiger charge is -2.16. The molecule has 1 aliphatic carbocycles. The Morgan fingerprint density at radius 1 is 1.24 bits per heavy atom. The molecule has 0 spiro atoms. The topological polar surface area (TPSA) is 40.5 Å². The minimum Gasteiger partial charge on any atom is -0.311 e. The molecule has 0 atom stereocenters. The third-order valence-corrected chi connectivity index (χ3v) is 4.32. The van der Waals surface area contributed by atoms with E-state index in [1.165, 1.54) is 18.4 Å². The predicted molar refractivity (Wildman–Crippen MR) is 104 cm³/mol. The molecule has 132 valence electrons. The molecule has 0 saturated heterocycles. The molecule has 1 aromatic carbocycles. The summed E-state index contributed by atoms with van der Waals surface area (Å²) in [6.07, 6.45) is 7.48. The smallest absolute Gasteiger partial charge is 0.0548 e. The van der Waals surface area contributed by atoms with E-state index in [0.29, 0.717) is 6.04 Å². The van der Waals surface area contributed by atoms with E-state index < -0.39 is 0 Å². The van der Waals surface area contributed by atoms with E-state index in [4.69, 9.17) is 0 Å². The van der Waals surface area contributed by atoms with Gasteiger partial charge in [-0.2, -0.15) is 0 Å². The Balaban J connectivity index is 1.32. The van der Waals surface area contributed by atoms with Crippen LogP contribution in [0.5, 0.6) is 0 Å². The highest BCUT2D eigenvalue weighted by Crippen LogP contribution is 2.23. The van der Waals surface area contributed by atoms with Crippen molar-refractivity contribution in [3.05, 3.63) is 65.5 Å². The van der Waals surface area contributed by atoms with Crippen molar-refractivity contribution in [2.45, 2.75) is 38.4 Å². The van der Waals surface area contributed by atoms with Crippen LogP contribution in [0.3, 0.4) is 0 Å². The van der Waals surface area contributed by atoms with Crippen LogP contribution in [0.4, 0.5) is 0 Å². The highest BCUT2D eigenvalue weighted by molar-refractivity contribution is 5.79. The SMILES string of the molecule is CN(CCCNCc1cc(C=NC2CC2)ccn1)Cc1ccccc1. The lowest BCUT2D eigenvalue weighted by atomic mass is 10.2. The van der Waals surface area contributed by atoms with Gasteiger partial charge in [-0.3, -0.25) is 9.98 Å². The molecule has 1 fully saturated rings. The van der Waals surface area contributed by atoms with Gasteiger partial charge >= 0.3 is 0 Å². The highest BCUT2D eigenvalue weighted by atomic mass is 15.1. The minimum atomic E-state index is 0.572. The van der Waals surface area contributed by atoms with E-state index in [0.717, 1.165) is 43.9 Å². The Morgan fingerprint density at radius 2 is 2.08 bits per heavy atom. The van der Waals surface area contributed by atoms with Crippen molar-refractivity contribution < 1.29 is 0 Å². The molecule has 0 bridgehead atoms. The highest BCUT2D eigenvalue weighted by Gasteiger charge is 2.18. The van der Waals surface area contributed by atoms with E-state index in [9.17, 15) is 0 Å². The fourth-order valence-corrected chi connectivity index (χ4v) is 2.75. The normalized spacial score (nSPS) is 14.5. The summed E-state index contributed by atoms with van der Waals surface area (Å²) in [6.45, 7) is 3.91. The quantitative estimate of drug-likeness (QED) is 0.535. The van der Waals surface area contributed by atoms with E-state index >= 15 is 0 Å². The third-order valence-electron chi connectivity index (χ3n) is 4.32. The molecular formula is C21H28N4. The van der Waals surface area contributed by atoms with Crippen LogP contribution in [0.25, 0.3) is 0 Å². The van der Waals surface area contributed by atoms with Gasteiger partial charge in [0, 0.05) is 25.5 Å². The number of nitrogens with one attached hydrogen (secondary N) is 1. The second kappa shape index (κ2) is 9.44. The largest absolute Gasteiger partial charge is 0.311 e. The maximum absolute atomic E-state index is 4.53. The summed E-state index contributed by atoms with van der Waals surface area (Å²) in [5, 5.41) is 3.49. The molecular weight excluding hydrogens is 308 g/mol. The Kier molecular flexibility index (Phi) is 6.71. The van der Waals surface area contributed by atoms with Gasteiger partial charge in [-0.15, -0.1) is 0 Å². The lowest BCUT2D eigenvalue weighted by Crippen LogP contribution is -2.24. The van der Waals surface area contributed by atoms with E-state index in [2.05, 4.69) is 63.6 Å². The fraction of sp³-hybridized carbons (Fsp3) is 0.429. The molecule has 0 unspecified atom stereocenters. The van der Waals surface area contributed by atoms with E-state index in [1.54, 1.807) is 0 Å². The molecule has 1 saturated carbocycles. The van der Waals surface area contributed by atoms with Gasteiger partial charge in [0.05, 0.1) is 11.7 Å². The number of rotatable bonds is 10. The molecule has 1 heterocycles. The average Bonchev–Trinajstić information content (AvgIpc) is 3.45. The summed E-state index contributed by atoms with van der Waals surface area (Å²) >= 11 is 0. The van der Waals surface area contributed by atoms with Crippen molar-refractivity contribution >= 4 is 6.21 Å². The maximum Gasteiger partial charge on any atom is 0.0548 e. The van der Waals surface area contributed by atoms with Gasteiger partial charge in [-0.1, -0.05) is 30.3 Å². The van der Waals surface area contributed by atoms with Crippen LogP contribution >= 0.6 is 0 Å². The first-order valence-electron chi connectivity index (χ1n) is 9.21. The number of hydrogen-bond donors (Lipinski definition) is 1. The first kappa shape index (κ1) is 17.8. The molecule has 1 aromatic heterocycles. The summed E-state index contributed by atoms with van der Waals surface area (Å²) in [5.74, 6) is 0. The van der Waals surface area contributed by atoms with Crippen molar-refractivity contribution in [2.24, 2.45) is 4.99 Å². The van der Waals surface area contributed by atoms with Crippen LogP contribution in [0.1, 0.15) is 36.1 Å². The lowest BCUT2D eigenvalue weighted by molar-refractivity contribution is 0.319. The second-order valence-electron chi connectivity index (χ2n) is 6.84. The maximum atomic E-state index is 4.53. The Hall–Kier alpha value is -2.04. The van der Waals surface area contributed by atoms with Crippen LogP contribution in [0, 0.1) is 0 Å².